The Morgan fingerprint density at radius 2 is 2.36 bits per heavy atom. The lowest BCUT2D eigenvalue weighted by Gasteiger charge is -2.12. The third kappa shape index (κ3) is 1.06. The van der Waals surface area contributed by atoms with Gasteiger partial charge in [-0.05, 0) is 18.7 Å². The van der Waals surface area contributed by atoms with Gasteiger partial charge in [0.1, 0.15) is 0 Å². The van der Waals surface area contributed by atoms with Gasteiger partial charge in [-0.25, -0.2) is 0 Å². The Bertz CT molecular complexity index is 475. The number of aromatic nitrogens is 1. The van der Waals surface area contributed by atoms with E-state index in [0.29, 0.717) is 0 Å². The average molecular weight is 188 g/mol. The van der Waals surface area contributed by atoms with Crippen LogP contribution in [0.4, 0.5) is 0 Å². The first-order valence-corrected chi connectivity index (χ1v) is 4.89. The van der Waals surface area contributed by atoms with E-state index in [1.807, 2.05) is 12.1 Å². The first kappa shape index (κ1) is 8.00. The molecule has 2 heterocycles. The molecule has 3 rings (SSSR count). The van der Waals surface area contributed by atoms with Gasteiger partial charge in [-0.2, -0.15) is 0 Å². The number of rotatable bonds is 0. The summed E-state index contributed by atoms with van der Waals surface area (Å²) in [5.41, 5.74) is 3.37. The fraction of sp³-hybridized carbons (Fsp3) is 0.364. The Morgan fingerprint density at radius 3 is 3.29 bits per heavy atom. The quantitative estimate of drug-likeness (QED) is 0.631. The van der Waals surface area contributed by atoms with E-state index in [9.17, 15) is 0 Å². The molecular weight excluding hydrogens is 176 g/mol. The average Bonchev–Trinajstić information content (AvgIpc) is 2.51. The molecular formula is C11H12N2O. The summed E-state index contributed by atoms with van der Waals surface area (Å²) < 4.78 is 5.28. The zero-order valence-electron chi connectivity index (χ0n) is 8.16. The summed E-state index contributed by atoms with van der Waals surface area (Å²) in [5, 5.41) is 5.35. The van der Waals surface area contributed by atoms with Crippen LogP contribution in [-0.4, -0.2) is 23.6 Å². The molecule has 0 N–H and O–H groups in total. The number of nitrogens with zero attached hydrogens (tertiary/aromatic N) is 2. The Balaban J connectivity index is 2.31. The lowest BCUT2D eigenvalue weighted by atomic mass is 10.1. The maximum atomic E-state index is 5.28. The summed E-state index contributed by atoms with van der Waals surface area (Å²) in [6.07, 6.45) is 0.987. The van der Waals surface area contributed by atoms with Crippen molar-refractivity contribution in [1.82, 2.24) is 10.1 Å². The topological polar surface area (TPSA) is 29.3 Å². The highest BCUT2D eigenvalue weighted by Crippen LogP contribution is 2.26. The summed E-state index contributed by atoms with van der Waals surface area (Å²) in [7, 11) is 2.14. The second-order valence-electron chi connectivity index (χ2n) is 3.91. The highest BCUT2D eigenvalue weighted by Gasteiger charge is 2.17. The fourth-order valence-corrected chi connectivity index (χ4v) is 2.10. The lowest BCUT2D eigenvalue weighted by molar-refractivity contribution is 0.331. The molecule has 0 bridgehead atoms. The van der Waals surface area contributed by atoms with Crippen LogP contribution in [0.1, 0.15) is 11.3 Å². The summed E-state index contributed by atoms with van der Waals surface area (Å²) in [6, 6.07) is 6.18. The molecule has 0 unspecified atom stereocenters. The largest absolute Gasteiger partial charge is 0.356 e. The van der Waals surface area contributed by atoms with Crippen LogP contribution in [0.25, 0.3) is 11.0 Å². The maximum absolute atomic E-state index is 5.28. The van der Waals surface area contributed by atoms with Gasteiger partial charge < -0.3 is 9.42 Å². The van der Waals surface area contributed by atoms with Crippen molar-refractivity contribution in [3.63, 3.8) is 0 Å². The predicted octanol–water partition coefficient (Wildman–Crippen LogP) is 1.82. The molecule has 72 valence electrons. The summed E-state index contributed by atoms with van der Waals surface area (Å²) in [4.78, 5) is 2.32. The molecule has 0 saturated carbocycles. The minimum Gasteiger partial charge on any atom is -0.356 e. The molecule has 3 nitrogen and oxygen atoms in total. The Labute approximate surface area is 82.3 Å². The van der Waals surface area contributed by atoms with E-state index in [4.69, 9.17) is 4.52 Å². The van der Waals surface area contributed by atoms with E-state index in [1.54, 1.807) is 0 Å². The van der Waals surface area contributed by atoms with Crippen molar-refractivity contribution in [3.05, 3.63) is 29.5 Å². The molecule has 1 aliphatic rings. The zero-order chi connectivity index (χ0) is 9.54. The number of likely N-dealkylation sites (N-methyl/N-ethyl adjacent to an activating group) is 1. The third-order valence-electron chi connectivity index (χ3n) is 2.83. The van der Waals surface area contributed by atoms with E-state index in [1.165, 1.54) is 10.9 Å². The Morgan fingerprint density at radius 1 is 1.43 bits per heavy atom. The van der Waals surface area contributed by atoms with Gasteiger partial charge in [0.25, 0.3) is 0 Å². The van der Waals surface area contributed by atoms with Crippen molar-refractivity contribution in [2.45, 2.75) is 13.0 Å². The summed E-state index contributed by atoms with van der Waals surface area (Å²) >= 11 is 0. The van der Waals surface area contributed by atoms with Crippen LogP contribution >= 0.6 is 0 Å². The summed E-state index contributed by atoms with van der Waals surface area (Å²) in [6.45, 7) is 2.04. The van der Waals surface area contributed by atoms with Gasteiger partial charge in [-0.15, -0.1) is 0 Å². The molecule has 0 atom stereocenters. The van der Waals surface area contributed by atoms with E-state index >= 15 is 0 Å². The SMILES string of the molecule is CN1CCc2noc3cccc(c23)C1. The van der Waals surface area contributed by atoms with Crippen LogP contribution in [0.5, 0.6) is 0 Å². The van der Waals surface area contributed by atoms with Crippen molar-refractivity contribution in [2.75, 3.05) is 13.6 Å². The number of hydrogen-bond acceptors (Lipinski definition) is 3. The molecule has 1 aromatic heterocycles. The maximum Gasteiger partial charge on any atom is 0.167 e. The molecule has 0 saturated heterocycles. The molecule has 3 heteroatoms. The van der Waals surface area contributed by atoms with Crippen LogP contribution in [0.2, 0.25) is 0 Å². The van der Waals surface area contributed by atoms with Gasteiger partial charge in [0.15, 0.2) is 5.58 Å². The molecule has 0 amide bonds. The first-order chi connectivity index (χ1) is 6.84. The second-order valence-corrected chi connectivity index (χ2v) is 3.91. The van der Waals surface area contributed by atoms with E-state index in [2.05, 4.69) is 23.2 Å². The van der Waals surface area contributed by atoms with Crippen LogP contribution in [0.15, 0.2) is 22.7 Å². The first-order valence-electron chi connectivity index (χ1n) is 4.89. The Hall–Kier alpha value is -1.35. The van der Waals surface area contributed by atoms with Gasteiger partial charge >= 0.3 is 0 Å². The van der Waals surface area contributed by atoms with Crippen LogP contribution in [0, 0.1) is 0 Å². The van der Waals surface area contributed by atoms with E-state index in [-0.39, 0.29) is 0 Å². The monoisotopic (exact) mass is 188 g/mol. The Kier molecular flexibility index (Phi) is 1.61. The smallest absolute Gasteiger partial charge is 0.167 e. The van der Waals surface area contributed by atoms with Crippen molar-refractivity contribution in [3.8, 4) is 0 Å². The van der Waals surface area contributed by atoms with Gasteiger partial charge in [-0.3, -0.25) is 0 Å². The molecule has 14 heavy (non-hydrogen) atoms. The van der Waals surface area contributed by atoms with E-state index < -0.39 is 0 Å². The second kappa shape index (κ2) is 2.82. The molecule has 1 aromatic carbocycles. The van der Waals surface area contributed by atoms with Gasteiger partial charge in [0.2, 0.25) is 0 Å². The molecule has 0 aliphatic carbocycles. The highest BCUT2D eigenvalue weighted by atomic mass is 16.5. The third-order valence-corrected chi connectivity index (χ3v) is 2.83. The minimum atomic E-state index is 0.924. The summed E-state index contributed by atoms with van der Waals surface area (Å²) in [5.74, 6) is 0. The van der Waals surface area contributed by atoms with Gasteiger partial charge in [0.05, 0.1) is 5.69 Å². The van der Waals surface area contributed by atoms with Crippen LogP contribution in [-0.2, 0) is 13.0 Å². The zero-order valence-corrected chi connectivity index (χ0v) is 8.16. The standard InChI is InChI=1S/C11H12N2O/c1-13-6-5-9-11-8(7-13)3-2-4-10(11)14-12-9/h2-4H,5-7H2,1H3. The van der Waals surface area contributed by atoms with Crippen molar-refractivity contribution in [1.29, 1.82) is 0 Å². The van der Waals surface area contributed by atoms with Gasteiger partial charge in [0, 0.05) is 24.9 Å². The molecule has 2 aromatic rings. The van der Waals surface area contributed by atoms with Gasteiger partial charge in [-0.1, -0.05) is 17.3 Å². The highest BCUT2D eigenvalue weighted by molar-refractivity contribution is 5.83. The van der Waals surface area contributed by atoms with Crippen molar-refractivity contribution >= 4 is 11.0 Å². The molecule has 0 radical (unpaired) electrons. The van der Waals surface area contributed by atoms with E-state index in [0.717, 1.165) is 30.8 Å². The number of hydrogen-bond donors (Lipinski definition) is 0. The number of benzene rings is 1. The van der Waals surface area contributed by atoms with Crippen LogP contribution < -0.4 is 0 Å². The molecule has 0 spiro atoms. The predicted molar refractivity (Wildman–Crippen MR) is 54.0 cm³/mol. The molecule has 1 aliphatic heterocycles. The van der Waals surface area contributed by atoms with Crippen molar-refractivity contribution < 1.29 is 4.52 Å². The molecule has 0 fully saturated rings. The van der Waals surface area contributed by atoms with Crippen LogP contribution in [0.3, 0.4) is 0 Å². The van der Waals surface area contributed by atoms with Crippen molar-refractivity contribution in [2.24, 2.45) is 0 Å². The normalized spacial score (nSPS) is 17.2. The fourth-order valence-electron chi connectivity index (χ4n) is 2.10. The minimum absolute atomic E-state index is 0.924. The lowest BCUT2D eigenvalue weighted by Crippen LogP contribution is -2.18.